The lowest BCUT2D eigenvalue weighted by Crippen LogP contribution is -1.94. The van der Waals surface area contributed by atoms with Crippen molar-refractivity contribution in [3.8, 4) is 17.2 Å². The second kappa shape index (κ2) is 7.38. The van der Waals surface area contributed by atoms with Crippen molar-refractivity contribution in [3.63, 3.8) is 0 Å². The number of methoxy groups -OCH3 is 3. The average molecular weight is 340 g/mol. The molecule has 22 heavy (non-hydrogen) atoms. The Morgan fingerprint density at radius 3 is 2.14 bits per heavy atom. The summed E-state index contributed by atoms with van der Waals surface area (Å²) < 4.78 is 15.8. The molecule has 0 radical (unpaired) electrons. The summed E-state index contributed by atoms with van der Waals surface area (Å²) in [6.45, 7) is 0. The molecule has 116 valence electrons. The van der Waals surface area contributed by atoms with Crippen LogP contribution in [0.4, 0.5) is 5.69 Å². The van der Waals surface area contributed by atoms with E-state index in [0.29, 0.717) is 33.0 Å². The minimum atomic E-state index is 0.459. The fourth-order valence-electron chi connectivity index (χ4n) is 1.91. The fourth-order valence-corrected chi connectivity index (χ4v) is 2.26. The van der Waals surface area contributed by atoms with Gasteiger partial charge in [-0.25, -0.2) is 0 Å². The van der Waals surface area contributed by atoms with Gasteiger partial charge >= 0.3 is 0 Å². The van der Waals surface area contributed by atoms with Crippen LogP contribution in [0.25, 0.3) is 0 Å². The van der Waals surface area contributed by atoms with Gasteiger partial charge in [0.05, 0.1) is 37.1 Å². The first-order chi connectivity index (χ1) is 10.6. The van der Waals surface area contributed by atoms with Gasteiger partial charge in [0, 0.05) is 23.9 Å². The molecule has 0 aliphatic heterocycles. The van der Waals surface area contributed by atoms with Crippen LogP contribution in [0.1, 0.15) is 5.56 Å². The van der Waals surface area contributed by atoms with Gasteiger partial charge in [-0.05, 0) is 6.07 Å². The number of rotatable bonds is 5. The Hall–Kier alpha value is -1.91. The van der Waals surface area contributed by atoms with Gasteiger partial charge in [-0.3, -0.25) is 4.99 Å². The Morgan fingerprint density at radius 1 is 0.955 bits per heavy atom. The first-order valence-electron chi connectivity index (χ1n) is 6.38. The van der Waals surface area contributed by atoms with Crippen LogP contribution in [-0.4, -0.2) is 27.5 Å². The molecule has 0 spiro atoms. The number of aliphatic imine (C=N–C) groups is 1. The maximum absolute atomic E-state index is 6.13. The zero-order valence-corrected chi connectivity index (χ0v) is 13.9. The van der Waals surface area contributed by atoms with E-state index in [1.807, 2.05) is 12.1 Å². The van der Waals surface area contributed by atoms with Gasteiger partial charge < -0.3 is 14.2 Å². The summed E-state index contributed by atoms with van der Waals surface area (Å²) in [5, 5.41) is 0.941. The molecule has 0 bridgehead atoms. The summed E-state index contributed by atoms with van der Waals surface area (Å²) in [5.41, 5.74) is 1.37. The smallest absolute Gasteiger partial charge is 0.203 e. The van der Waals surface area contributed by atoms with Crippen LogP contribution in [0, 0.1) is 0 Å². The summed E-state index contributed by atoms with van der Waals surface area (Å²) in [7, 11) is 4.66. The fraction of sp³-hybridized carbons (Fsp3) is 0.188. The predicted octanol–water partition coefficient (Wildman–Crippen LogP) is 4.77. The third-order valence-corrected chi connectivity index (χ3v) is 3.82. The van der Waals surface area contributed by atoms with E-state index >= 15 is 0 Å². The summed E-state index contributed by atoms with van der Waals surface area (Å²) in [6.07, 6.45) is 1.63. The van der Waals surface area contributed by atoms with Crippen molar-refractivity contribution in [1.82, 2.24) is 0 Å². The number of nitrogens with zero attached hydrogens (tertiary/aromatic N) is 1. The van der Waals surface area contributed by atoms with E-state index < -0.39 is 0 Å². The maximum atomic E-state index is 6.13. The van der Waals surface area contributed by atoms with Gasteiger partial charge in [0.25, 0.3) is 0 Å². The van der Waals surface area contributed by atoms with Crippen molar-refractivity contribution in [3.05, 3.63) is 45.9 Å². The molecule has 2 aromatic carbocycles. The quantitative estimate of drug-likeness (QED) is 0.736. The molecule has 0 fully saturated rings. The number of ether oxygens (including phenoxy) is 3. The van der Waals surface area contributed by atoms with Crippen LogP contribution in [-0.2, 0) is 0 Å². The summed E-state index contributed by atoms with van der Waals surface area (Å²) >= 11 is 12.1. The molecule has 0 heterocycles. The highest BCUT2D eigenvalue weighted by atomic mass is 35.5. The zero-order valence-electron chi connectivity index (χ0n) is 12.4. The largest absolute Gasteiger partial charge is 0.493 e. The second-order valence-electron chi connectivity index (χ2n) is 4.28. The molecule has 0 aliphatic rings. The van der Waals surface area contributed by atoms with Gasteiger partial charge in [-0.15, -0.1) is 0 Å². The Balaban J connectivity index is 2.41. The molecule has 0 unspecified atom stereocenters. The Kier molecular flexibility index (Phi) is 5.52. The lowest BCUT2D eigenvalue weighted by Gasteiger charge is -2.12. The van der Waals surface area contributed by atoms with Crippen molar-refractivity contribution >= 4 is 35.1 Å². The molecule has 0 aliphatic carbocycles. The van der Waals surface area contributed by atoms with E-state index in [4.69, 9.17) is 37.4 Å². The molecule has 0 amide bonds. The molecule has 0 aromatic heterocycles. The summed E-state index contributed by atoms with van der Waals surface area (Å²) in [4.78, 5) is 4.39. The van der Waals surface area contributed by atoms with Gasteiger partial charge in [-0.1, -0.05) is 35.3 Å². The Morgan fingerprint density at radius 2 is 1.59 bits per heavy atom. The Labute approximate surface area is 139 Å². The Bertz CT molecular complexity index is 677. The van der Waals surface area contributed by atoms with Crippen molar-refractivity contribution in [2.24, 2.45) is 4.99 Å². The predicted molar refractivity (Wildman–Crippen MR) is 89.8 cm³/mol. The van der Waals surface area contributed by atoms with Crippen LogP contribution in [0.5, 0.6) is 17.2 Å². The third-order valence-electron chi connectivity index (χ3n) is 2.98. The molecule has 0 N–H and O–H groups in total. The van der Waals surface area contributed by atoms with E-state index in [0.717, 1.165) is 5.56 Å². The van der Waals surface area contributed by atoms with E-state index in [-0.39, 0.29) is 0 Å². The van der Waals surface area contributed by atoms with Crippen molar-refractivity contribution < 1.29 is 14.2 Å². The van der Waals surface area contributed by atoms with Gasteiger partial charge in [0.2, 0.25) is 5.75 Å². The molecule has 2 rings (SSSR count). The van der Waals surface area contributed by atoms with Crippen LogP contribution in [0.3, 0.4) is 0 Å². The van der Waals surface area contributed by atoms with E-state index in [2.05, 4.69) is 4.99 Å². The highest BCUT2D eigenvalue weighted by molar-refractivity contribution is 6.43. The molecule has 0 atom stereocenters. The first kappa shape index (κ1) is 16.5. The lowest BCUT2D eigenvalue weighted by atomic mass is 10.2. The van der Waals surface area contributed by atoms with Crippen LogP contribution in [0.2, 0.25) is 10.0 Å². The van der Waals surface area contributed by atoms with Gasteiger partial charge in [0.1, 0.15) is 0 Å². The normalized spacial score (nSPS) is 10.8. The molecular weight excluding hydrogens is 325 g/mol. The number of halogens is 2. The maximum Gasteiger partial charge on any atom is 0.203 e. The van der Waals surface area contributed by atoms with E-state index in [1.54, 1.807) is 45.7 Å². The van der Waals surface area contributed by atoms with Crippen LogP contribution < -0.4 is 14.2 Å². The molecule has 0 saturated carbocycles. The van der Waals surface area contributed by atoms with E-state index in [1.165, 1.54) is 0 Å². The minimum Gasteiger partial charge on any atom is -0.493 e. The number of benzene rings is 2. The van der Waals surface area contributed by atoms with Crippen LogP contribution >= 0.6 is 23.2 Å². The van der Waals surface area contributed by atoms with Gasteiger partial charge in [0.15, 0.2) is 11.5 Å². The van der Waals surface area contributed by atoms with E-state index in [9.17, 15) is 0 Å². The molecule has 0 saturated heterocycles. The zero-order chi connectivity index (χ0) is 16.1. The number of hydrogen-bond donors (Lipinski definition) is 0. The van der Waals surface area contributed by atoms with Crippen molar-refractivity contribution in [2.75, 3.05) is 21.3 Å². The molecule has 4 nitrogen and oxygen atoms in total. The number of hydrogen-bond acceptors (Lipinski definition) is 4. The van der Waals surface area contributed by atoms with Crippen LogP contribution in [0.15, 0.2) is 35.3 Å². The highest BCUT2D eigenvalue weighted by Crippen LogP contribution is 2.40. The second-order valence-corrected chi connectivity index (χ2v) is 5.07. The van der Waals surface area contributed by atoms with Crippen molar-refractivity contribution in [2.45, 2.75) is 0 Å². The molecular formula is C16H15Cl2NO3. The topological polar surface area (TPSA) is 40.0 Å². The average Bonchev–Trinajstić information content (AvgIpc) is 2.55. The first-order valence-corrected chi connectivity index (χ1v) is 7.14. The summed E-state index contributed by atoms with van der Waals surface area (Å²) in [5.74, 6) is 1.59. The van der Waals surface area contributed by atoms with Crippen molar-refractivity contribution in [1.29, 1.82) is 0 Å². The SMILES string of the molecule is COc1cc(N=Cc2cccc(Cl)c2Cl)cc(OC)c1OC. The standard InChI is InChI=1S/C16H15Cl2NO3/c1-20-13-7-11(8-14(21-2)16(13)22-3)19-9-10-5-4-6-12(17)15(10)18/h4-9H,1-3H3. The lowest BCUT2D eigenvalue weighted by molar-refractivity contribution is 0.324. The van der Waals surface area contributed by atoms with Gasteiger partial charge in [-0.2, -0.15) is 0 Å². The third kappa shape index (κ3) is 3.46. The molecule has 2 aromatic rings. The molecule has 6 heteroatoms. The highest BCUT2D eigenvalue weighted by Gasteiger charge is 2.12. The monoisotopic (exact) mass is 339 g/mol. The minimum absolute atomic E-state index is 0.459. The summed E-state index contributed by atoms with van der Waals surface area (Å²) in [6, 6.07) is 8.85.